The van der Waals surface area contributed by atoms with Gasteiger partial charge in [-0.15, -0.1) is 10.2 Å². The maximum atomic E-state index is 12.6. The predicted octanol–water partition coefficient (Wildman–Crippen LogP) is 4.71. The molecule has 0 spiro atoms. The van der Waals surface area contributed by atoms with E-state index < -0.39 is 0 Å². The lowest BCUT2D eigenvalue weighted by Gasteiger charge is -2.05. The summed E-state index contributed by atoms with van der Waals surface area (Å²) in [4.78, 5) is 12.6. The Kier molecular flexibility index (Phi) is 4.10. The summed E-state index contributed by atoms with van der Waals surface area (Å²) in [6.07, 6.45) is 5.20. The van der Waals surface area contributed by atoms with Crippen molar-refractivity contribution in [2.24, 2.45) is 0 Å². The van der Waals surface area contributed by atoms with Gasteiger partial charge >= 0.3 is 0 Å². The molecule has 2 aromatic heterocycles. The predicted molar refractivity (Wildman–Crippen MR) is 99.4 cm³/mol. The first-order valence-electron chi connectivity index (χ1n) is 7.64. The molecule has 0 aliphatic heterocycles. The molecule has 122 valence electrons. The van der Waals surface area contributed by atoms with Gasteiger partial charge in [-0.05, 0) is 41.1 Å². The molecule has 0 saturated heterocycles. The molecule has 0 radical (unpaired) electrons. The molecular formula is C19H13N3O2S. The van der Waals surface area contributed by atoms with Crippen LogP contribution >= 0.6 is 11.3 Å². The standard InChI is InChI=1S/C19H13N3O2S/c23-18(16-9-3-6-13-5-1-2-8-15(13)16)20-19-22-21-17(25-19)11-10-14-7-4-12-24-14/h1-12H,(H,20,22,23)/b11-10+. The number of nitrogens with one attached hydrogen (secondary N) is 1. The fourth-order valence-electron chi connectivity index (χ4n) is 2.48. The van der Waals surface area contributed by atoms with Crippen molar-refractivity contribution in [3.05, 3.63) is 77.2 Å². The van der Waals surface area contributed by atoms with E-state index in [1.165, 1.54) is 11.3 Å². The van der Waals surface area contributed by atoms with Gasteiger partial charge in [0.2, 0.25) is 5.13 Å². The Morgan fingerprint density at radius 3 is 2.76 bits per heavy atom. The number of hydrogen-bond acceptors (Lipinski definition) is 5. The van der Waals surface area contributed by atoms with Crippen LogP contribution in [0.4, 0.5) is 5.13 Å². The van der Waals surface area contributed by atoms with Crippen molar-refractivity contribution in [1.82, 2.24) is 10.2 Å². The van der Waals surface area contributed by atoms with Crippen LogP contribution in [0.1, 0.15) is 21.1 Å². The Morgan fingerprint density at radius 2 is 1.88 bits per heavy atom. The number of hydrogen-bond donors (Lipinski definition) is 1. The Hall–Kier alpha value is -3.25. The second-order valence-electron chi connectivity index (χ2n) is 5.28. The third kappa shape index (κ3) is 3.34. The number of amides is 1. The Bertz CT molecular complexity index is 1050. The van der Waals surface area contributed by atoms with Crippen LogP contribution in [-0.2, 0) is 0 Å². The average Bonchev–Trinajstić information content (AvgIpc) is 3.31. The highest BCUT2D eigenvalue weighted by Crippen LogP contribution is 2.22. The zero-order valence-electron chi connectivity index (χ0n) is 13.0. The van der Waals surface area contributed by atoms with Gasteiger partial charge < -0.3 is 4.42 Å². The number of rotatable bonds is 4. The van der Waals surface area contributed by atoms with E-state index in [-0.39, 0.29) is 5.91 Å². The minimum absolute atomic E-state index is 0.200. The van der Waals surface area contributed by atoms with Crippen molar-refractivity contribution >= 4 is 45.3 Å². The normalized spacial score (nSPS) is 11.2. The van der Waals surface area contributed by atoms with E-state index in [2.05, 4.69) is 15.5 Å². The molecule has 2 aromatic carbocycles. The molecule has 4 aromatic rings. The van der Waals surface area contributed by atoms with Crippen LogP contribution in [0.25, 0.3) is 22.9 Å². The summed E-state index contributed by atoms with van der Waals surface area (Å²) in [5.74, 6) is 0.533. The number of aromatic nitrogens is 2. The zero-order chi connectivity index (χ0) is 17.1. The summed E-state index contributed by atoms with van der Waals surface area (Å²) in [5, 5.41) is 13.9. The number of carbonyl (C=O) groups excluding carboxylic acids is 1. The van der Waals surface area contributed by atoms with Crippen molar-refractivity contribution in [3.8, 4) is 0 Å². The van der Waals surface area contributed by atoms with E-state index >= 15 is 0 Å². The van der Waals surface area contributed by atoms with Gasteiger partial charge in [-0.2, -0.15) is 0 Å². The number of anilines is 1. The van der Waals surface area contributed by atoms with Crippen LogP contribution in [-0.4, -0.2) is 16.1 Å². The number of fused-ring (bicyclic) bond motifs is 1. The molecule has 6 heteroatoms. The van der Waals surface area contributed by atoms with Crippen molar-refractivity contribution in [2.45, 2.75) is 0 Å². The van der Waals surface area contributed by atoms with Crippen LogP contribution < -0.4 is 5.32 Å². The molecule has 0 saturated carbocycles. The minimum atomic E-state index is -0.200. The smallest absolute Gasteiger partial charge is 0.258 e. The zero-order valence-corrected chi connectivity index (χ0v) is 13.9. The number of furan rings is 1. The number of carbonyl (C=O) groups is 1. The highest BCUT2D eigenvalue weighted by atomic mass is 32.1. The van der Waals surface area contributed by atoms with Gasteiger partial charge in [0.05, 0.1) is 6.26 Å². The first-order valence-corrected chi connectivity index (χ1v) is 8.45. The third-order valence-electron chi connectivity index (χ3n) is 3.63. The van der Waals surface area contributed by atoms with Gasteiger partial charge in [0.15, 0.2) is 0 Å². The molecule has 0 atom stereocenters. The molecule has 0 bridgehead atoms. The maximum Gasteiger partial charge on any atom is 0.258 e. The van der Waals surface area contributed by atoms with E-state index in [4.69, 9.17) is 4.42 Å². The highest BCUT2D eigenvalue weighted by molar-refractivity contribution is 7.16. The van der Waals surface area contributed by atoms with Gasteiger partial charge in [-0.3, -0.25) is 10.1 Å². The van der Waals surface area contributed by atoms with Gasteiger partial charge in [0, 0.05) is 5.56 Å². The van der Waals surface area contributed by atoms with Gasteiger partial charge in [0.25, 0.3) is 5.91 Å². The average molecular weight is 347 g/mol. The summed E-state index contributed by atoms with van der Waals surface area (Å²) in [6, 6.07) is 17.1. The molecule has 1 amide bonds. The van der Waals surface area contributed by atoms with E-state index in [1.54, 1.807) is 24.5 Å². The second-order valence-corrected chi connectivity index (χ2v) is 6.28. The topological polar surface area (TPSA) is 68.0 Å². The molecule has 5 nitrogen and oxygen atoms in total. The Morgan fingerprint density at radius 1 is 1.00 bits per heavy atom. The van der Waals surface area contributed by atoms with E-state index in [0.29, 0.717) is 15.7 Å². The molecular weight excluding hydrogens is 334 g/mol. The minimum Gasteiger partial charge on any atom is -0.465 e. The summed E-state index contributed by atoms with van der Waals surface area (Å²) in [5.41, 5.74) is 0.612. The summed E-state index contributed by atoms with van der Waals surface area (Å²) >= 11 is 1.30. The SMILES string of the molecule is O=C(Nc1nnc(/C=C/c2ccco2)s1)c1cccc2ccccc12. The largest absolute Gasteiger partial charge is 0.465 e. The fraction of sp³-hybridized carbons (Fsp3) is 0. The fourth-order valence-corrected chi connectivity index (χ4v) is 3.12. The quantitative estimate of drug-likeness (QED) is 0.581. The monoisotopic (exact) mass is 347 g/mol. The molecule has 0 fully saturated rings. The molecule has 4 rings (SSSR count). The molecule has 1 N–H and O–H groups in total. The van der Waals surface area contributed by atoms with Gasteiger partial charge in [0.1, 0.15) is 10.8 Å². The highest BCUT2D eigenvalue weighted by Gasteiger charge is 2.12. The molecule has 0 aliphatic carbocycles. The lowest BCUT2D eigenvalue weighted by atomic mass is 10.0. The summed E-state index contributed by atoms with van der Waals surface area (Å²) < 4.78 is 5.23. The van der Waals surface area contributed by atoms with Gasteiger partial charge in [-0.25, -0.2) is 0 Å². The lowest BCUT2D eigenvalue weighted by Crippen LogP contribution is -2.12. The first kappa shape index (κ1) is 15.3. The van der Waals surface area contributed by atoms with Crippen LogP contribution in [0.15, 0.2) is 65.3 Å². The van der Waals surface area contributed by atoms with E-state index in [0.717, 1.165) is 16.5 Å². The van der Waals surface area contributed by atoms with Gasteiger partial charge in [-0.1, -0.05) is 47.7 Å². The lowest BCUT2D eigenvalue weighted by molar-refractivity contribution is 0.102. The third-order valence-corrected chi connectivity index (χ3v) is 4.43. The Balaban J connectivity index is 1.53. The van der Waals surface area contributed by atoms with Crippen LogP contribution in [0.5, 0.6) is 0 Å². The van der Waals surface area contributed by atoms with Crippen molar-refractivity contribution in [3.63, 3.8) is 0 Å². The molecule has 2 heterocycles. The van der Waals surface area contributed by atoms with E-state index in [9.17, 15) is 4.79 Å². The van der Waals surface area contributed by atoms with Crippen LogP contribution in [0.3, 0.4) is 0 Å². The van der Waals surface area contributed by atoms with Crippen LogP contribution in [0.2, 0.25) is 0 Å². The summed E-state index contributed by atoms with van der Waals surface area (Å²) in [6.45, 7) is 0. The molecule has 0 unspecified atom stereocenters. The summed E-state index contributed by atoms with van der Waals surface area (Å²) in [7, 11) is 0. The van der Waals surface area contributed by atoms with Crippen molar-refractivity contribution < 1.29 is 9.21 Å². The number of nitrogens with zero attached hydrogens (tertiary/aromatic N) is 2. The molecule has 25 heavy (non-hydrogen) atoms. The van der Waals surface area contributed by atoms with E-state index in [1.807, 2.05) is 48.5 Å². The van der Waals surface area contributed by atoms with Crippen LogP contribution in [0, 0.1) is 0 Å². The molecule has 0 aliphatic rings. The Labute approximate surface area is 147 Å². The van der Waals surface area contributed by atoms with Crippen molar-refractivity contribution in [1.29, 1.82) is 0 Å². The maximum absolute atomic E-state index is 12.6. The second kappa shape index (κ2) is 6.70. The first-order chi connectivity index (χ1) is 12.3. The number of benzene rings is 2. The van der Waals surface area contributed by atoms with Crippen molar-refractivity contribution in [2.75, 3.05) is 5.32 Å².